The van der Waals surface area contributed by atoms with E-state index in [0.29, 0.717) is 48.6 Å². The molecule has 9 heteroatoms. The Kier molecular flexibility index (Phi) is 5.70. The zero-order valence-electron chi connectivity index (χ0n) is 14.8. The third-order valence-corrected chi connectivity index (χ3v) is 4.89. The molecule has 1 N–H and O–H groups in total. The molecule has 142 valence electrons. The maximum Gasteiger partial charge on any atom is 0.254 e. The van der Waals surface area contributed by atoms with E-state index in [1.165, 1.54) is 0 Å². The summed E-state index contributed by atoms with van der Waals surface area (Å²) in [6.07, 6.45) is 3.16. The molecule has 0 saturated carbocycles. The fraction of sp³-hybridized carbons (Fsp3) is 0.278. The number of thiol groups is 1. The Morgan fingerprint density at radius 1 is 0.926 bits per heavy atom. The van der Waals surface area contributed by atoms with Crippen LogP contribution >= 0.6 is 0 Å². The minimum absolute atomic E-state index is 0.0671. The smallest absolute Gasteiger partial charge is 0.254 e. The summed E-state index contributed by atoms with van der Waals surface area (Å²) in [5, 5.41) is 0. The quantitative estimate of drug-likeness (QED) is 0.759. The predicted molar refractivity (Wildman–Crippen MR) is 101 cm³/mol. The molecule has 2 heterocycles. The average Bonchev–Trinajstić information content (AvgIpc) is 2.69. The first-order valence-corrected chi connectivity index (χ1v) is 9.64. The van der Waals surface area contributed by atoms with Crippen molar-refractivity contribution in [3.05, 3.63) is 59.4 Å². The number of hydrogen-bond donors (Lipinski definition) is 2. The van der Waals surface area contributed by atoms with Crippen molar-refractivity contribution in [3.8, 4) is 0 Å². The zero-order chi connectivity index (χ0) is 19.4. The van der Waals surface area contributed by atoms with Crippen LogP contribution in [0.1, 0.15) is 26.3 Å². The molecule has 2 amide bonds. The molecule has 0 spiro atoms. The lowest BCUT2D eigenvalue weighted by atomic mass is 10.1. The van der Waals surface area contributed by atoms with Gasteiger partial charge in [0.25, 0.3) is 11.8 Å². The Balaban J connectivity index is 1.63. The molecule has 3 rings (SSSR count). The summed E-state index contributed by atoms with van der Waals surface area (Å²) < 4.78 is 23.9. The molecule has 0 bridgehead atoms. The van der Waals surface area contributed by atoms with Crippen molar-refractivity contribution in [1.82, 2.24) is 14.8 Å². The number of benzene rings is 1. The van der Waals surface area contributed by atoms with Crippen LogP contribution in [0, 0.1) is 6.92 Å². The maximum atomic E-state index is 12.7. The molecule has 1 aliphatic heterocycles. The van der Waals surface area contributed by atoms with Gasteiger partial charge in [0.05, 0.1) is 5.69 Å². The van der Waals surface area contributed by atoms with Crippen molar-refractivity contribution in [1.29, 1.82) is 0 Å². The van der Waals surface area contributed by atoms with Crippen LogP contribution in [0.25, 0.3) is 0 Å². The summed E-state index contributed by atoms with van der Waals surface area (Å²) in [6.45, 7) is 3.55. The molecule has 1 aromatic carbocycles. The monoisotopic (exact) mass is 388 g/mol. The largest absolute Gasteiger partial charge is 0.335 e. The van der Waals surface area contributed by atoms with Gasteiger partial charge in [-0.1, -0.05) is 0 Å². The Labute approximate surface area is 158 Å². The fourth-order valence-electron chi connectivity index (χ4n) is 2.99. The number of anilines is 1. The molecular weight excluding hydrogens is 368 g/mol. The van der Waals surface area contributed by atoms with Gasteiger partial charge in [-0.15, -0.1) is 0 Å². The molecule has 2 aromatic rings. The number of carbonyl (C=O) groups is 2. The van der Waals surface area contributed by atoms with E-state index < -0.39 is 10.9 Å². The molecule has 0 aliphatic carbocycles. The number of rotatable bonds is 4. The van der Waals surface area contributed by atoms with E-state index in [1.807, 2.05) is 0 Å². The van der Waals surface area contributed by atoms with Crippen molar-refractivity contribution >= 4 is 28.4 Å². The summed E-state index contributed by atoms with van der Waals surface area (Å²) in [6, 6.07) is 8.20. The van der Waals surface area contributed by atoms with Crippen molar-refractivity contribution < 1.29 is 18.0 Å². The highest BCUT2D eigenvalue weighted by Gasteiger charge is 2.25. The van der Waals surface area contributed by atoms with Crippen molar-refractivity contribution in [3.63, 3.8) is 0 Å². The van der Waals surface area contributed by atoms with Gasteiger partial charge in [0.2, 0.25) is 10.9 Å². The van der Waals surface area contributed by atoms with Gasteiger partial charge in [0, 0.05) is 49.7 Å². The SMILES string of the molecule is Cc1cc(C(=O)N2CCN(C(=O)c3ccncc3)CC2)ccc1N[SH](=O)=O. The molecule has 1 fully saturated rings. The van der Waals surface area contributed by atoms with Gasteiger partial charge in [-0.25, -0.2) is 8.42 Å². The molecular formula is C18H20N4O4S. The Morgan fingerprint density at radius 3 is 2.00 bits per heavy atom. The van der Waals surface area contributed by atoms with Gasteiger partial charge in [-0.2, -0.15) is 0 Å². The van der Waals surface area contributed by atoms with E-state index in [0.717, 1.165) is 0 Å². The molecule has 1 aliphatic rings. The van der Waals surface area contributed by atoms with Gasteiger partial charge in [0.1, 0.15) is 0 Å². The highest BCUT2D eigenvalue weighted by Crippen LogP contribution is 2.18. The van der Waals surface area contributed by atoms with Crippen LogP contribution in [-0.4, -0.2) is 61.2 Å². The van der Waals surface area contributed by atoms with E-state index in [4.69, 9.17) is 0 Å². The normalized spacial score (nSPS) is 14.3. The molecule has 27 heavy (non-hydrogen) atoms. The second-order valence-electron chi connectivity index (χ2n) is 6.22. The minimum Gasteiger partial charge on any atom is -0.335 e. The first-order chi connectivity index (χ1) is 13.0. The third kappa shape index (κ3) is 4.43. The number of aryl methyl sites for hydroxylation is 1. The second kappa shape index (κ2) is 8.17. The van der Waals surface area contributed by atoms with Gasteiger partial charge in [-0.05, 0) is 42.8 Å². The summed E-state index contributed by atoms with van der Waals surface area (Å²) in [7, 11) is -2.75. The van der Waals surface area contributed by atoms with Crippen LogP contribution in [0.15, 0.2) is 42.7 Å². The Hall–Kier alpha value is -2.94. The van der Waals surface area contributed by atoms with E-state index in [2.05, 4.69) is 9.71 Å². The van der Waals surface area contributed by atoms with Gasteiger partial charge in [0.15, 0.2) is 0 Å². The lowest BCUT2D eigenvalue weighted by Crippen LogP contribution is -2.50. The van der Waals surface area contributed by atoms with Gasteiger partial charge in [-0.3, -0.25) is 19.3 Å². The van der Waals surface area contributed by atoms with Gasteiger partial charge < -0.3 is 9.80 Å². The second-order valence-corrected chi connectivity index (χ2v) is 6.96. The van der Waals surface area contributed by atoms with E-state index >= 15 is 0 Å². The molecule has 0 radical (unpaired) electrons. The first-order valence-electron chi connectivity index (χ1n) is 8.46. The number of pyridine rings is 1. The zero-order valence-corrected chi connectivity index (χ0v) is 15.7. The van der Waals surface area contributed by atoms with Crippen LogP contribution in [0.5, 0.6) is 0 Å². The van der Waals surface area contributed by atoms with Crippen molar-refractivity contribution in [2.45, 2.75) is 6.92 Å². The average molecular weight is 388 g/mol. The topological polar surface area (TPSA) is 99.7 Å². The van der Waals surface area contributed by atoms with Crippen LogP contribution in [0.3, 0.4) is 0 Å². The molecule has 8 nitrogen and oxygen atoms in total. The van der Waals surface area contributed by atoms with E-state index in [9.17, 15) is 18.0 Å². The number of piperazine rings is 1. The number of nitrogens with one attached hydrogen (secondary N) is 1. The summed E-state index contributed by atoms with van der Waals surface area (Å²) in [5.41, 5.74) is 2.20. The number of hydrogen-bond acceptors (Lipinski definition) is 5. The van der Waals surface area contributed by atoms with E-state index in [-0.39, 0.29) is 11.8 Å². The lowest BCUT2D eigenvalue weighted by molar-refractivity contribution is 0.0535. The molecule has 0 atom stereocenters. The fourth-order valence-corrected chi connectivity index (χ4v) is 3.44. The Bertz CT molecular complexity index is 914. The van der Waals surface area contributed by atoms with Crippen molar-refractivity contribution in [2.24, 2.45) is 0 Å². The number of carbonyl (C=O) groups excluding carboxylic acids is 2. The van der Waals surface area contributed by atoms with Gasteiger partial charge >= 0.3 is 0 Å². The molecule has 1 aromatic heterocycles. The third-order valence-electron chi connectivity index (χ3n) is 4.47. The standard InChI is InChI=1S/C18H20N4O4S/c1-13-12-15(2-3-16(13)20-27(25)26)18(24)22-10-8-21(9-11-22)17(23)14-4-6-19-7-5-14/h2-7,12,27H,8-11H2,1H3,(H,20,25,26). The van der Waals surface area contributed by atoms with Crippen molar-refractivity contribution in [2.75, 3.05) is 30.9 Å². The number of aromatic nitrogens is 1. The highest BCUT2D eigenvalue weighted by atomic mass is 32.2. The molecule has 0 unspecified atom stereocenters. The summed E-state index contributed by atoms with van der Waals surface area (Å²) in [5.74, 6) is -0.199. The summed E-state index contributed by atoms with van der Waals surface area (Å²) >= 11 is 0. The minimum atomic E-state index is -2.75. The van der Waals surface area contributed by atoms with E-state index in [1.54, 1.807) is 59.4 Å². The van der Waals surface area contributed by atoms with Crippen LogP contribution < -0.4 is 4.72 Å². The maximum absolute atomic E-state index is 12.7. The number of amides is 2. The highest BCUT2D eigenvalue weighted by molar-refractivity contribution is 7.73. The summed E-state index contributed by atoms with van der Waals surface area (Å²) in [4.78, 5) is 32.5. The Morgan fingerprint density at radius 2 is 1.48 bits per heavy atom. The predicted octanol–water partition coefficient (Wildman–Crippen LogP) is 0.927. The first kappa shape index (κ1) is 18.8. The molecule has 1 saturated heterocycles. The van der Waals surface area contributed by atoms with Crippen LogP contribution in [0.2, 0.25) is 0 Å². The lowest BCUT2D eigenvalue weighted by Gasteiger charge is -2.35. The number of nitrogens with zero attached hydrogens (tertiary/aromatic N) is 3. The van der Waals surface area contributed by atoms with Crippen LogP contribution in [-0.2, 0) is 10.9 Å². The van der Waals surface area contributed by atoms with Crippen LogP contribution in [0.4, 0.5) is 5.69 Å².